The molecule has 1 fully saturated rings. The van der Waals surface area contributed by atoms with Crippen LogP contribution in [-0.4, -0.2) is 36.9 Å². The minimum absolute atomic E-state index is 0.00579. The molecular formula is C6H12N2O4S. The summed E-state index contributed by atoms with van der Waals surface area (Å²) in [5, 5.41) is 13.5. The molecule has 1 aliphatic heterocycles. The molecule has 1 rings (SSSR count). The van der Waals surface area contributed by atoms with Gasteiger partial charge in [0, 0.05) is 13.1 Å². The zero-order valence-electron chi connectivity index (χ0n) is 7.01. The van der Waals surface area contributed by atoms with Crippen LogP contribution in [0, 0.1) is 5.92 Å². The number of carboxylic acids is 1. The lowest BCUT2D eigenvalue weighted by molar-refractivity contribution is -0.142. The van der Waals surface area contributed by atoms with Crippen LogP contribution in [0.4, 0.5) is 0 Å². The second-order valence-electron chi connectivity index (χ2n) is 3.08. The van der Waals surface area contributed by atoms with E-state index in [0.29, 0.717) is 19.4 Å². The van der Waals surface area contributed by atoms with Crippen molar-refractivity contribution < 1.29 is 18.3 Å². The summed E-state index contributed by atoms with van der Waals surface area (Å²) in [6.07, 6.45) is 1.06. The Kier molecular flexibility index (Phi) is 2.89. The van der Waals surface area contributed by atoms with Crippen LogP contribution < -0.4 is 5.14 Å². The van der Waals surface area contributed by atoms with Crippen LogP contribution in [0.1, 0.15) is 12.8 Å². The van der Waals surface area contributed by atoms with Gasteiger partial charge in [0.15, 0.2) is 0 Å². The van der Waals surface area contributed by atoms with E-state index in [-0.39, 0.29) is 6.54 Å². The SMILES string of the molecule is NS(=O)(=O)N1CCCC(C(=O)O)C1. The molecule has 0 spiro atoms. The van der Waals surface area contributed by atoms with E-state index >= 15 is 0 Å². The number of aliphatic carboxylic acids is 1. The highest BCUT2D eigenvalue weighted by Crippen LogP contribution is 2.17. The van der Waals surface area contributed by atoms with E-state index in [9.17, 15) is 13.2 Å². The third-order valence-corrected chi connectivity index (χ3v) is 3.14. The van der Waals surface area contributed by atoms with Crippen molar-refractivity contribution in [1.29, 1.82) is 0 Å². The second-order valence-corrected chi connectivity index (χ2v) is 4.63. The average Bonchev–Trinajstić information content (AvgIpc) is 2.03. The van der Waals surface area contributed by atoms with E-state index in [4.69, 9.17) is 10.2 Å². The van der Waals surface area contributed by atoms with Crippen molar-refractivity contribution in [3.8, 4) is 0 Å². The van der Waals surface area contributed by atoms with Gasteiger partial charge in [0.2, 0.25) is 0 Å². The topological polar surface area (TPSA) is 101 Å². The fourth-order valence-electron chi connectivity index (χ4n) is 1.38. The maximum atomic E-state index is 10.9. The van der Waals surface area contributed by atoms with Gasteiger partial charge in [-0.25, -0.2) is 5.14 Å². The molecule has 6 nitrogen and oxygen atoms in total. The molecule has 13 heavy (non-hydrogen) atoms. The smallest absolute Gasteiger partial charge is 0.307 e. The minimum Gasteiger partial charge on any atom is -0.481 e. The van der Waals surface area contributed by atoms with Gasteiger partial charge in [0.25, 0.3) is 10.2 Å². The van der Waals surface area contributed by atoms with Crippen molar-refractivity contribution in [2.45, 2.75) is 12.8 Å². The fourth-order valence-corrected chi connectivity index (χ4v) is 2.15. The highest BCUT2D eigenvalue weighted by Gasteiger charge is 2.30. The average molecular weight is 208 g/mol. The zero-order chi connectivity index (χ0) is 10.1. The summed E-state index contributed by atoms with van der Waals surface area (Å²) in [7, 11) is -3.72. The van der Waals surface area contributed by atoms with Gasteiger partial charge in [0.1, 0.15) is 0 Å². The van der Waals surface area contributed by atoms with Gasteiger partial charge in [-0.1, -0.05) is 0 Å². The highest BCUT2D eigenvalue weighted by atomic mass is 32.2. The van der Waals surface area contributed by atoms with Gasteiger partial charge in [-0.2, -0.15) is 12.7 Å². The summed E-state index contributed by atoms with van der Waals surface area (Å²) < 4.78 is 22.7. The number of carboxylic acid groups (broad SMARTS) is 1. The van der Waals surface area contributed by atoms with Crippen LogP contribution in [0.25, 0.3) is 0 Å². The summed E-state index contributed by atoms with van der Waals surface area (Å²) in [6.45, 7) is 0.316. The lowest BCUT2D eigenvalue weighted by atomic mass is 10.0. The monoisotopic (exact) mass is 208 g/mol. The summed E-state index contributed by atoms with van der Waals surface area (Å²) >= 11 is 0. The van der Waals surface area contributed by atoms with Crippen molar-refractivity contribution >= 4 is 16.2 Å². The first-order valence-electron chi connectivity index (χ1n) is 3.92. The molecule has 1 heterocycles. The van der Waals surface area contributed by atoms with Crippen LogP contribution in [0.3, 0.4) is 0 Å². The molecule has 3 N–H and O–H groups in total. The molecule has 0 aromatic rings. The fraction of sp³-hybridized carbons (Fsp3) is 0.833. The van der Waals surface area contributed by atoms with Crippen molar-refractivity contribution in [2.24, 2.45) is 11.1 Å². The Bertz CT molecular complexity index is 300. The molecule has 1 unspecified atom stereocenters. The van der Waals surface area contributed by atoms with E-state index in [1.807, 2.05) is 0 Å². The number of hydrogen-bond acceptors (Lipinski definition) is 3. The molecule has 0 saturated carbocycles. The maximum absolute atomic E-state index is 10.9. The first-order valence-corrected chi connectivity index (χ1v) is 5.42. The quantitative estimate of drug-likeness (QED) is 0.607. The van der Waals surface area contributed by atoms with Crippen LogP contribution in [-0.2, 0) is 15.0 Å². The first kappa shape index (κ1) is 10.4. The zero-order valence-corrected chi connectivity index (χ0v) is 7.83. The van der Waals surface area contributed by atoms with E-state index in [0.717, 1.165) is 4.31 Å². The third-order valence-electron chi connectivity index (χ3n) is 2.09. The Morgan fingerprint density at radius 3 is 2.62 bits per heavy atom. The van der Waals surface area contributed by atoms with Crippen LogP contribution in [0.15, 0.2) is 0 Å². The Hall–Kier alpha value is -0.660. The van der Waals surface area contributed by atoms with E-state index in [2.05, 4.69) is 0 Å². The molecule has 1 atom stereocenters. The molecule has 0 aromatic heterocycles. The van der Waals surface area contributed by atoms with E-state index in [1.165, 1.54) is 0 Å². The summed E-state index contributed by atoms with van der Waals surface area (Å²) in [5.74, 6) is -1.58. The molecule has 0 radical (unpaired) electrons. The molecule has 0 bridgehead atoms. The minimum atomic E-state index is -3.72. The number of hydrogen-bond donors (Lipinski definition) is 2. The van der Waals surface area contributed by atoms with Gasteiger partial charge >= 0.3 is 5.97 Å². The number of carbonyl (C=O) groups is 1. The van der Waals surface area contributed by atoms with E-state index in [1.54, 1.807) is 0 Å². The van der Waals surface area contributed by atoms with Gasteiger partial charge in [0.05, 0.1) is 5.92 Å². The molecule has 7 heteroatoms. The van der Waals surface area contributed by atoms with E-state index < -0.39 is 22.1 Å². The largest absolute Gasteiger partial charge is 0.481 e. The lowest BCUT2D eigenvalue weighted by Crippen LogP contribution is -2.45. The normalized spacial score (nSPS) is 25.8. The van der Waals surface area contributed by atoms with Crippen LogP contribution >= 0.6 is 0 Å². The predicted molar refractivity (Wildman–Crippen MR) is 45.0 cm³/mol. The van der Waals surface area contributed by atoms with Gasteiger partial charge in [-0.3, -0.25) is 4.79 Å². The summed E-state index contributed by atoms with van der Waals surface area (Å²) in [4.78, 5) is 10.6. The lowest BCUT2D eigenvalue weighted by Gasteiger charge is -2.27. The van der Waals surface area contributed by atoms with Gasteiger partial charge in [-0.05, 0) is 12.8 Å². The van der Waals surface area contributed by atoms with Crippen molar-refractivity contribution in [2.75, 3.05) is 13.1 Å². The first-order chi connectivity index (χ1) is 5.91. The highest BCUT2D eigenvalue weighted by molar-refractivity contribution is 7.86. The Morgan fingerprint density at radius 2 is 2.15 bits per heavy atom. The maximum Gasteiger partial charge on any atom is 0.307 e. The van der Waals surface area contributed by atoms with Gasteiger partial charge < -0.3 is 5.11 Å². The molecule has 0 aliphatic carbocycles. The number of nitrogens with zero attached hydrogens (tertiary/aromatic N) is 1. The Labute approximate surface area is 76.5 Å². The second kappa shape index (κ2) is 3.60. The van der Waals surface area contributed by atoms with Crippen molar-refractivity contribution in [1.82, 2.24) is 4.31 Å². The Morgan fingerprint density at radius 1 is 1.54 bits per heavy atom. The molecule has 76 valence electrons. The molecule has 0 amide bonds. The number of nitrogens with two attached hydrogens (primary N) is 1. The number of rotatable bonds is 2. The van der Waals surface area contributed by atoms with Gasteiger partial charge in [-0.15, -0.1) is 0 Å². The molecule has 1 aliphatic rings. The molecular weight excluding hydrogens is 196 g/mol. The predicted octanol–water partition coefficient (Wildman–Crippen LogP) is -1.01. The van der Waals surface area contributed by atoms with Crippen LogP contribution in [0.5, 0.6) is 0 Å². The van der Waals surface area contributed by atoms with Crippen molar-refractivity contribution in [3.63, 3.8) is 0 Å². The molecule has 0 aromatic carbocycles. The van der Waals surface area contributed by atoms with Crippen LogP contribution in [0.2, 0.25) is 0 Å². The summed E-state index contributed by atoms with van der Waals surface area (Å²) in [6, 6.07) is 0. The Balaban J connectivity index is 2.67. The molecule has 1 saturated heterocycles. The number of piperidine rings is 1. The summed E-state index contributed by atoms with van der Waals surface area (Å²) in [5.41, 5.74) is 0. The standard InChI is InChI=1S/C6H12N2O4S/c7-13(11,12)8-3-1-2-5(4-8)6(9)10/h5H,1-4H2,(H,9,10)(H2,7,11,12). The van der Waals surface area contributed by atoms with Crippen molar-refractivity contribution in [3.05, 3.63) is 0 Å². The third kappa shape index (κ3) is 2.64.